The normalized spacial score (nSPS) is 13.1. The molecule has 4 nitrogen and oxygen atoms in total. The molecule has 1 aliphatic rings. The van der Waals surface area contributed by atoms with E-state index in [9.17, 15) is 4.79 Å². The van der Waals surface area contributed by atoms with Crippen molar-refractivity contribution in [1.82, 2.24) is 10.2 Å². The average molecular weight is 382 g/mol. The third-order valence-electron chi connectivity index (χ3n) is 4.13. The van der Waals surface area contributed by atoms with Gasteiger partial charge in [0, 0.05) is 24.3 Å². The Morgan fingerprint density at radius 2 is 1.88 bits per heavy atom. The summed E-state index contributed by atoms with van der Waals surface area (Å²) in [5.41, 5.74) is 4.22. The molecule has 1 aliphatic heterocycles. The molecule has 1 atom stereocenters. The summed E-state index contributed by atoms with van der Waals surface area (Å²) in [6, 6.07) is 16.0. The molecule has 0 aromatic heterocycles. The van der Waals surface area contributed by atoms with Crippen molar-refractivity contribution in [3.05, 3.63) is 65.2 Å². The van der Waals surface area contributed by atoms with E-state index in [0.717, 1.165) is 36.3 Å². The summed E-state index contributed by atoms with van der Waals surface area (Å²) in [7, 11) is 4.03. The van der Waals surface area contributed by atoms with Gasteiger partial charge in [-0.25, -0.2) is 0 Å². The molecule has 3 rings (SSSR count). The van der Waals surface area contributed by atoms with Gasteiger partial charge in [0.25, 0.3) is 5.91 Å². The van der Waals surface area contributed by atoms with Crippen LogP contribution < -0.4 is 10.6 Å². The summed E-state index contributed by atoms with van der Waals surface area (Å²) in [6.45, 7) is 1.72. The first kappa shape index (κ1) is 21.3. The minimum Gasteiger partial charge on any atom is -0.384 e. The van der Waals surface area contributed by atoms with Crippen molar-refractivity contribution in [3.8, 4) is 0 Å². The molecule has 0 radical (unpaired) electrons. The first-order valence-corrected chi connectivity index (χ1v) is 8.01. The highest BCUT2D eigenvalue weighted by Gasteiger charge is 2.18. The largest absolute Gasteiger partial charge is 0.384 e. The van der Waals surface area contributed by atoms with E-state index in [0.29, 0.717) is 0 Å². The molecule has 0 saturated carbocycles. The van der Waals surface area contributed by atoms with Crippen molar-refractivity contribution in [2.45, 2.75) is 12.5 Å². The van der Waals surface area contributed by atoms with Gasteiger partial charge < -0.3 is 15.5 Å². The SMILES string of the molecule is CN(C)CC(NC(=O)c1ccc2c(c1)CCN2)c1ccccc1.Cl.Cl. The van der Waals surface area contributed by atoms with E-state index in [1.165, 1.54) is 5.56 Å². The van der Waals surface area contributed by atoms with Crippen molar-refractivity contribution in [2.75, 3.05) is 32.5 Å². The zero-order valence-electron chi connectivity index (χ0n) is 14.5. The summed E-state index contributed by atoms with van der Waals surface area (Å²) in [4.78, 5) is 14.7. The summed E-state index contributed by atoms with van der Waals surface area (Å²) in [5.74, 6) is -0.0181. The number of hydrogen-bond acceptors (Lipinski definition) is 3. The fraction of sp³-hybridized carbons (Fsp3) is 0.316. The molecular formula is C19H25Cl2N3O. The standard InChI is InChI=1S/C19H23N3O.2ClH/c1-22(2)13-18(14-6-4-3-5-7-14)21-19(23)16-8-9-17-15(12-16)10-11-20-17;;/h3-9,12,18,20H,10-11,13H2,1-2H3,(H,21,23);2*1H. The number of nitrogens with one attached hydrogen (secondary N) is 2. The second-order valence-corrected chi connectivity index (χ2v) is 6.25. The Kier molecular flexibility index (Phi) is 8.23. The lowest BCUT2D eigenvalue weighted by atomic mass is 10.0. The Labute approximate surface area is 161 Å². The number of carbonyl (C=O) groups excluding carboxylic acids is 1. The third-order valence-corrected chi connectivity index (χ3v) is 4.13. The first-order valence-electron chi connectivity index (χ1n) is 8.01. The third kappa shape index (κ3) is 5.36. The number of benzene rings is 2. The highest BCUT2D eigenvalue weighted by Crippen LogP contribution is 2.23. The number of halogens is 2. The summed E-state index contributed by atoms with van der Waals surface area (Å²) < 4.78 is 0. The first-order chi connectivity index (χ1) is 11.1. The minimum absolute atomic E-state index is 0. The van der Waals surface area contributed by atoms with Crippen LogP contribution in [0.15, 0.2) is 48.5 Å². The Balaban J connectivity index is 0.00000156. The maximum absolute atomic E-state index is 12.7. The van der Waals surface area contributed by atoms with Crippen molar-refractivity contribution < 1.29 is 4.79 Å². The summed E-state index contributed by atoms with van der Waals surface area (Å²) >= 11 is 0. The lowest BCUT2D eigenvalue weighted by molar-refractivity contribution is 0.0930. The number of nitrogens with zero attached hydrogens (tertiary/aromatic N) is 1. The van der Waals surface area contributed by atoms with Gasteiger partial charge in [0.15, 0.2) is 0 Å². The van der Waals surface area contributed by atoms with Crippen LogP contribution >= 0.6 is 24.8 Å². The molecule has 0 fully saturated rings. The fourth-order valence-electron chi connectivity index (χ4n) is 2.97. The van der Waals surface area contributed by atoms with Gasteiger partial charge in [-0.1, -0.05) is 30.3 Å². The molecule has 0 saturated heterocycles. The highest BCUT2D eigenvalue weighted by molar-refractivity contribution is 5.95. The molecule has 0 spiro atoms. The number of fused-ring (bicyclic) bond motifs is 1. The number of hydrogen-bond donors (Lipinski definition) is 2. The predicted molar refractivity (Wildman–Crippen MR) is 108 cm³/mol. The Bertz CT molecular complexity index is 692. The van der Waals surface area contributed by atoms with Crippen LogP contribution in [-0.4, -0.2) is 38.0 Å². The highest BCUT2D eigenvalue weighted by atomic mass is 35.5. The van der Waals surface area contributed by atoms with Crippen LogP contribution in [0.4, 0.5) is 5.69 Å². The van der Waals surface area contributed by atoms with Crippen molar-refractivity contribution in [1.29, 1.82) is 0 Å². The van der Waals surface area contributed by atoms with Gasteiger partial charge in [0.05, 0.1) is 6.04 Å². The maximum Gasteiger partial charge on any atom is 0.251 e. The van der Waals surface area contributed by atoms with E-state index >= 15 is 0 Å². The van der Waals surface area contributed by atoms with Crippen molar-refractivity contribution >= 4 is 36.4 Å². The number of amides is 1. The van der Waals surface area contributed by atoms with E-state index < -0.39 is 0 Å². The van der Waals surface area contributed by atoms with E-state index in [1.54, 1.807) is 0 Å². The van der Waals surface area contributed by atoms with Crippen LogP contribution in [0.5, 0.6) is 0 Å². The Morgan fingerprint density at radius 1 is 1.16 bits per heavy atom. The molecule has 0 bridgehead atoms. The second kappa shape index (κ2) is 9.66. The lowest BCUT2D eigenvalue weighted by Crippen LogP contribution is -2.35. The molecule has 25 heavy (non-hydrogen) atoms. The average Bonchev–Trinajstić information content (AvgIpc) is 3.02. The van der Waals surface area contributed by atoms with Gasteiger partial charge in [0.1, 0.15) is 0 Å². The Hall–Kier alpha value is -1.75. The molecular weight excluding hydrogens is 357 g/mol. The molecule has 136 valence electrons. The maximum atomic E-state index is 12.7. The van der Waals surface area contributed by atoms with E-state index in [4.69, 9.17) is 0 Å². The summed E-state index contributed by atoms with van der Waals surface area (Å²) in [6.07, 6.45) is 0.982. The van der Waals surface area contributed by atoms with E-state index in [1.807, 2.05) is 50.5 Å². The van der Waals surface area contributed by atoms with E-state index in [2.05, 4.69) is 27.7 Å². The van der Waals surface area contributed by atoms with Crippen LogP contribution in [0.2, 0.25) is 0 Å². The van der Waals surface area contributed by atoms with Crippen LogP contribution in [0.1, 0.15) is 27.5 Å². The van der Waals surface area contributed by atoms with E-state index in [-0.39, 0.29) is 36.8 Å². The second-order valence-electron chi connectivity index (χ2n) is 6.25. The molecule has 1 amide bonds. The molecule has 2 N–H and O–H groups in total. The molecule has 1 unspecified atom stereocenters. The monoisotopic (exact) mass is 381 g/mol. The van der Waals surface area contributed by atoms with Gasteiger partial charge in [-0.05, 0) is 49.8 Å². The van der Waals surface area contributed by atoms with Gasteiger partial charge >= 0.3 is 0 Å². The van der Waals surface area contributed by atoms with Crippen LogP contribution in [0.3, 0.4) is 0 Å². The fourth-order valence-corrected chi connectivity index (χ4v) is 2.97. The van der Waals surface area contributed by atoms with Crippen LogP contribution in [0, 0.1) is 0 Å². The molecule has 0 aliphatic carbocycles. The van der Waals surface area contributed by atoms with Gasteiger partial charge in [0.2, 0.25) is 0 Å². The predicted octanol–water partition coefficient (Wildman–Crippen LogP) is 3.53. The van der Waals surface area contributed by atoms with Gasteiger partial charge in [-0.15, -0.1) is 24.8 Å². The zero-order chi connectivity index (χ0) is 16.2. The number of rotatable bonds is 5. The van der Waals surface area contributed by atoms with Gasteiger partial charge in [-0.2, -0.15) is 0 Å². The molecule has 6 heteroatoms. The van der Waals surface area contributed by atoms with Crippen LogP contribution in [0.25, 0.3) is 0 Å². The minimum atomic E-state index is -0.0231. The topological polar surface area (TPSA) is 44.4 Å². The van der Waals surface area contributed by atoms with Gasteiger partial charge in [-0.3, -0.25) is 4.79 Å². The quantitative estimate of drug-likeness (QED) is 0.832. The summed E-state index contributed by atoms with van der Waals surface area (Å²) in [5, 5.41) is 6.49. The van der Waals surface area contributed by atoms with Crippen molar-refractivity contribution in [2.24, 2.45) is 0 Å². The van der Waals surface area contributed by atoms with Crippen LogP contribution in [-0.2, 0) is 6.42 Å². The Morgan fingerprint density at radius 3 is 2.56 bits per heavy atom. The molecule has 2 aromatic rings. The lowest BCUT2D eigenvalue weighted by Gasteiger charge is -2.23. The number of anilines is 1. The van der Waals surface area contributed by atoms with Crippen molar-refractivity contribution in [3.63, 3.8) is 0 Å². The molecule has 1 heterocycles. The zero-order valence-corrected chi connectivity index (χ0v) is 16.1. The number of likely N-dealkylation sites (N-methyl/N-ethyl adjacent to an activating group) is 1. The molecule has 2 aromatic carbocycles. The smallest absolute Gasteiger partial charge is 0.251 e. The number of carbonyl (C=O) groups is 1.